The Kier molecular flexibility index (Phi) is 2.98. The topological polar surface area (TPSA) is 85.3 Å². The lowest BCUT2D eigenvalue weighted by Gasteiger charge is -2.29. The van der Waals surface area contributed by atoms with Crippen molar-refractivity contribution in [2.45, 2.75) is 13.0 Å². The molecule has 20 heavy (non-hydrogen) atoms. The minimum atomic E-state index is -0.445. The van der Waals surface area contributed by atoms with Crippen molar-refractivity contribution in [2.75, 3.05) is 17.2 Å². The highest BCUT2D eigenvalue weighted by atomic mass is 16.6. The van der Waals surface area contributed by atoms with Gasteiger partial charge in [-0.1, -0.05) is 24.3 Å². The third-order valence-corrected chi connectivity index (χ3v) is 3.48. The van der Waals surface area contributed by atoms with E-state index >= 15 is 0 Å². The predicted octanol–water partition coefficient (Wildman–Crippen LogP) is 2.13. The molecule has 1 aliphatic heterocycles. The molecule has 6 heteroatoms. The Morgan fingerprint density at radius 3 is 2.75 bits per heavy atom. The normalized spacial score (nSPS) is 13.9. The summed E-state index contributed by atoms with van der Waals surface area (Å²) in [7, 11) is 0. The van der Waals surface area contributed by atoms with Crippen molar-refractivity contribution >= 4 is 17.3 Å². The van der Waals surface area contributed by atoms with Crippen molar-refractivity contribution in [3.8, 4) is 0 Å². The molecule has 0 saturated carbocycles. The highest BCUT2D eigenvalue weighted by Crippen LogP contribution is 2.26. The predicted molar refractivity (Wildman–Crippen MR) is 76.5 cm³/mol. The Bertz CT molecular complexity index is 672. The highest BCUT2D eigenvalue weighted by molar-refractivity contribution is 5.55. The van der Waals surface area contributed by atoms with Gasteiger partial charge in [0, 0.05) is 13.1 Å². The van der Waals surface area contributed by atoms with Gasteiger partial charge in [-0.2, -0.15) is 0 Å². The Hall–Kier alpha value is -2.63. The summed E-state index contributed by atoms with van der Waals surface area (Å²) in [6.07, 6.45) is 0.903. The molecular formula is C14H14N4O2. The van der Waals surface area contributed by atoms with Crippen LogP contribution in [0.5, 0.6) is 0 Å². The standard InChI is InChI=1S/C14H14N4O2/c15-13-7-12(18(19)20)8-14(16-13)17-6-5-10-3-1-2-4-11(10)9-17/h1-4,7-8H,5-6,9H2,(H2,15,16). The molecule has 6 nitrogen and oxygen atoms in total. The van der Waals surface area contributed by atoms with Crippen molar-refractivity contribution < 1.29 is 4.92 Å². The number of anilines is 2. The largest absolute Gasteiger partial charge is 0.383 e. The lowest BCUT2D eigenvalue weighted by molar-refractivity contribution is -0.384. The van der Waals surface area contributed by atoms with Crippen LogP contribution in [0, 0.1) is 10.1 Å². The number of nitrogens with zero attached hydrogens (tertiary/aromatic N) is 3. The summed E-state index contributed by atoms with van der Waals surface area (Å²) < 4.78 is 0. The third kappa shape index (κ3) is 2.27. The Morgan fingerprint density at radius 2 is 2.00 bits per heavy atom. The van der Waals surface area contributed by atoms with E-state index < -0.39 is 4.92 Å². The average Bonchev–Trinajstić information content (AvgIpc) is 2.46. The van der Waals surface area contributed by atoms with Crippen molar-refractivity contribution in [3.05, 3.63) is 57.6 Å². The van der Waals surface area contributed by atoms with E-state index in [0.29, 0.717) is 12.4 Å². The van der Waals surface area contributed by atoms with E-state index in [4.69, 9.17) is 5.73 Å². The van der Waals surface area contributed by atoms with Gasteiger partial charge in [0.25, 0.3) is 5.69 Å². The zero-order valence-electron chi connectivity index (χ0n) is 10.8. The number of nitrogen functional groups attached to an aromatic ring is 1. The number of aromatic nitrogens is 1. The Labute approximate surface area is 116 Å². The molecule has 0 amide bonds. The first-order valence-electron chi connectivity index (χ1n) is 6.37. The molecule has 1 aromatic heterocycles. The summed E-state index contributed by atoms with van der Waals surface area (Å²) in [4.78, 5) is 16.7. The molecule has 0 unspecified atom stereocenters. The first-order valence-corrected chi connectivity index (χ1v) is 6.37. The Morgan fingerprint density at radius 1 is 1.25 bits per heavy atom. The first kappa shape index (κ1) is 12.4. The maximum Gasteiger partial charge on any atom is 0.276 e. The fourth-order valence-corrected chi connectivity index (χ4v) is 2.48. The average molecular weight is 270 g/mol. The zero-order valence-corrected chi connectivity index (χ0v) is 10.8. The van der Waals surface area contributed by atoms with Gasteiger partial charge < -0.3 is 10.6 Å². The number of fused-ring (bicyclic) bond motifs is 1. The molecule has 0 bridgehead atoms. The number of nitrogens with two attached hydrogens (primary N) is 1. The van der Waals surface area contributed by atoms with Crippen LogP contribution in [-0.4, -0.2) is 16.5 Å². The van der Waals surface area contributed by atoms with Gasteiger partial charge in [0.1, 0.15) is 11.6 Å². The molecule has 2 heterocycles. The summed E-state index contributed by atoms with van der Waals surface area (Å²) >= 11 is 0. The maximum absolute atomic E-state index is 10.9. The lowest BCUT2D eigenvalue weighted by Crippen LogP contribution is -2.31. The molecule has 102 valence electrons. The van der Waals surface area contributed by atoms with Gasteiger partial charge in [0.2, 0.25) is 0 Å². The van der Waals surface area contributed by atoms with Gasteiger partial charge in [0.15, 0.2) is 0 Å². The fourth-order valence-electron chi connectivity index (χ4n) is 2.48. The maximum atomic E-state index is 10.9. The third-order valence-electron chi connectivity index (χ3n) is 3.48. The van der Waals surface area contributed by atoms with Crippen LogP contribution in [-0.2, 0) is 13.0 Å². The van der Waals surface area contributed by atoms with Crippen molar-refractivity contribution in [1.82, 2.24) is 4.98 Å². The fraction of sp³-hybridized carbons (Fsp3) is 0.214. The van der Waals surface area contributed by atoms with Gasteiger partial charge >= 0.3 is 0 Å². The molecule has 0 fully saturated rings. The van der Waals surface area contributed by atoms with Crippen LogP contribution in [0.2, 0.25) is 0 Å². The van der Waals surface area contributed by atoms with Crippen molar-refractivity contribution in [3.63, 3.8) is 0 Å². The second-order valence-corrected chi connectivity index (χ2v) is 4.81. The molecule has 1 aromatic carbocycles. The molecule has 0 atom stereocenters. The van der Waals surface area contributed by atoms with E-state index in [-0.39, 0.29) is 11.5 Å². The smallest absolute Gasteiger partial charge is 0.276 e. The second kappa shape index (κ2) is 4.80. The number of benzene rings is 1. The van der Waals surface area contributed by atoms with E-state index in [2.05, 4.69) is 17.1 Å². The van der Waals surface area contributed by atoms with Crippen molar-refractivity contribution in [1.29, 1.82) is 0 Å². The van der Waals surface area contributed by atoms with E-state index in [9.17, 15) is 10.1 Å². The SMILES string of the molecule is Nc1cc([N+](=O)[O-])cc(N2CCc3ccccc3C2)n1. The summed E-state index contributed by atoms with van der Waals surface area (Å²) in [5, 5.41) is 10.9. The van der Waals surface area contributed by atoms with Crippen LogP contribution in [0.3, 0.4) is 0 Å². The molecule has 0 radical (unpaired) electrons. The van der Waals surface area contributed by atoms with Crippen LogP contribution >= 0.6 is 0 Å². The number of hydrogen-bond acceptors (Lipinski definition) is 5. The summed E-state index contributed by atoms with van der Waals surface area (Å²) in [5.74, 6) is 0.735. The molecular weight excluding hydrogens is 256 g/mol. The van der Waals surface area contributed by atoms with Gasteiger partial charge in [0.05, 0.1) is 17.1 Å². The lowest BCUT2D eigenvalue weighted by atomic mass is 10.00. The molecule has 2 aromatic rings. The minimum Gasteiger partial charge on any atom is -0.383 e. The molecule has 0 spiro atoms. The van der Waals surface area contributed by atoms with Crippen molar-refractivity contribution in [2.24, 2.45) is 0 Å². The van der Waals surface area contributed by atoms with Gasteiger partial charge in [-0.25, -0.2) is 4.98 Å². The summed E-state index contributed by atoms with van der Waals surface area (Å²) in [5.41, 5.74) is 8.18. The van der Waals surface area contributed by atoms with E-state index in [1.165, 1.54) is 23.3 Å². The van der Waals surface area contributed by atoms with Gasteiger partial charge in [-0.3, -0.25) is 10.1 Å². The molecule has 2 N–H and O–H groups in total. The minimum absolute atomic E-state index is 0.0219. The monoisotopic (exact) mass is 270 g/mol. The molecule has 1 aliphatic rings. The summed E-state index contributed by atoms with van der Waals surface area (Å²) in [6, 6.07) is 11.0. The van der Waals surface area contributed by atoms with E-state index in [1.807, 2.05) is 17.0 Å². The molecule has 0 aliphatic carbocycles. The van der Waals surface area contributed by atoms with Crippen LogP contribution in [0.15, 0.2) is 36.4 Å². The first-order chi connectivity index (χ1) is 9.63. The van der Waals surface area contributed by atoms with Crippen LogP contribution in [0.1, 0.15) is 11.1 Å². The molecule has 0 saturated heterocycles. The quantitative estimate of drug-likeness (QED) is 0.667. The highest BCUT2D eigenvalue weighted by Gasteiger charge is 2.19. The zero-order chi connectivity index (χ0) is 14.1. The van der Waals surface area contributed by atoms with Crippen LogP contribution in [0.25, 0.3) is 0 Å². The second-order valence-electron chi connectivity index (χ2n) is 4.81. The van der Waals surface area contributed by atoms with Gasteiger partial charge in [-0.15, -0.1) is 0 Å². The van der Waals surface area contributed by atoms with E-state index in [0.717, 1.165) is 13.0 Å². The van der Waals surface area contributed by atoms with Crippen LogP contribution < -0.4 is 10.6 Å². The van der Waals surface area contributed by atoms with Gasteiger partial charge in [-0.05, 0) is 17.5 Å². The number of hydrogen-bond donors (Lipinski definition) is 1. The molecule has 3 rings (SSSR count). The Balaban J connectivity index is 1.93. The number of nitro groups is 1. The number of pyridine rings is 1. The van der Waals surface area contributed by atoms with E-state index in [1.54, 1.807) is 0 Å². The number of rotatable bonds is 2. The summed E-state index contributed by atoms with van der Waals surface area (Å²) in [6.45, 7) is 1.48. The van der Waals surface area contributed by atoms with Crippen LogP contribution in [0.4, 0.5) is 17.3 Å².